The molecule has 1 heterocycles. The molecular formula is C20H22N2. The number of aromatic nitrogens is 1. The van der Waals surface area contributed by atoms with Crippen molar-refractivity contribution in [3.05, 3.63) is 66.4 Å². The quantitative estimate of drug-likeness (QED) is 0.751. The third-order valence-corrected chi connectivity index (χ3v) is 4.25. The van der Waals surface area contributed by atoms with E-state index in [-0.39, 0.29) is 0 Å². The van der Waals surface area contributed by atoms with E-state index in [1.54, 1.807) is 0 Å². The summed E-state index contributed by atoms with van der Waals surface area (Å²) >= 11 is 0. The molecule has 0 aliphatic rings. The first-order chi connectivity index (χ1) is 10.8. The fraction of sp³-hybridized carbons (Fsp3) is 0.250. The van der Waals surface area contributed by atoms with Crippen molar-refractivity contribution < 1.29 is 0 Å². The van der Waals surface area contributed by atoms with Gasteiger partial charge in [0.15, 0.2) is 0 Å². The maximum absolute atomic E-state index is 4.37. The molecule has 0 saturated carbocycles. The molecule has 22 heavy (non-hydrogen) atoms. The molecule has 0 radical (unpaired) electrons. The Morgan fingerprint density at radius 3 is 2.55 bits per heavy atom. The third-order valence-electron chi connectivity index (χ3n) is 4.25. The number of nitrogens with zero attached hydrogens (tertiary/aromatic N) is 1. The molecule has 1 unspecified atom stereocenters. The number of hydrogen-bond donors (Lipinski definition) is 1. The van der Waals surface area contributed by atoms with E-state index >= 15 is 0 Å². The number of pyridine rings is 1. The summed E-state index contributed by atoms with van der Waals surface area (Å²) in [6.45, 7) is 2.22. The summed E-state index contributed by atoms with van der Waals surface area (Å²) in [5.74, 6) is 0. The molecule has 1 aromatic heterocycles. The Bertz CT molecular complexity index is 747. The second-order valence-corrected chi connectivity index (χ2v) is 5.84. The van der Waals surface area contributed by atoms with Crippen molar-refractivity contribution in [2.45, 2.75) is 25.8 Å². The Morgan fingerprint density at radius 2 is 1.77 bits per heavy atom. The summed E-state index contributed by atoms with van der Waals surface area (Å²) in [5.41, 5.74) is 4.95. The Kier molecular flexibility index (Phi) is 4.50. The lowest BCUT2D eigenvalue weighted by Crippen LogP contribution is -2.21. The SMILES string of the molecule is CNC(C)CCc1ccc(-c2ccc3ncccc3c2)cc1. The van der Waals surface area contributed by atoms with Crippen LogP contribution in [0.25, 0.3) is 22.0 Å². The van der Waals surface area contributed by atoms with Crippen molar-refractivity contribution in [3.8, 4) is 11.1 Å². The average molecular weight is 290 g/mol. The second-order valence-electron chi connectivity index (χ2n) is 5.84. The van der Waals surface area contributed by atoms with Gasteiger partial charge in [0.1, 0.15) is 0 Å². The molecule has 2 heteroatoms. The zero-order valence-corrected chi connectivity index (χ0v) is 13.2. The molecule has 0 aliphatic carbocycles. The molecule has 2 nitrogen and oxygen atoms in total. The molecule has 0 saturated heterocycles. The van der Waals surface area contributed by atoms with Crippen LogP contribution in [-0.2, 0) is 6.42 Å². The van der Waals surface area contributed by atoms with Crippen molar-refractivity contribution in [2.24, 2.45) is 0 Å². The van der Waals surface area contributed by atoms with Crippen LogP contribution in [0, 0.1) is 0 Å². The average Bonchev–Trinajstić information content (AvgIpc) is 2.59. The standard InChI is InChI=1S/C20H22N2/c1-15(21-2)5-6-16-7-9-17(10-8-16)18-11-12-20-19(14-18)4-3-13-22-20/h3-4,7-15,21H,5-6H2,1-2H3. The summed E-state index contributed by atoms with van der Waals surface area (Å²) in [6, 6.07) is 20.0. The number of nitrogens with one attached hydrogen (secondary N) is 1. The molecule has 0 fully saturated rings. The molecule has 3 aromatic rings. The van der Waals surface area contributed by atoms with Crippen LogP contribution in [0.3, 0.4) is 0 Å². The van der Waals surface area contributed by atoms with Gasteiger partial charge in [-0.25, -0.2) is 0 Å². The maximum Gasteiger partial charge on any atom is 0.0702 e. The van der Waals surface area contributed by atoms with Crippen LogP contribution in [-0.4, -0.2) is 18.1 Å². The van der Waals surface area contributed by atoms with Gasteiger partial charge >= 0.3 is 0 Å². The van der Waals surface area contributed by atoms with Crippen molar-refractivity contribution in [1.82, 2.24) is 10.3 Å². The van der Waals surface area contributed by atoms with E-state index in [2.05, 4.69) is 65.8 Å². The van der Waals surface area contributed by atoms with E-state index in [0.29, 0.717) is 6.04 Å². The van der Waals surface area contributed by atoms with Crippen molar-refractivity contribution in [3.63, 3.8) is 0 Å². The summed E-state index contributed by atoms with van der Waals surface area (Å²) in [5, 5.41) is 4.47. The fourth-order valence-corrected chi connectivity index (χ4v) is 2.65. The Labute approximate surface area is 132 Å². The molecule has 1 N–H and O–H groups in total. The van der Waals surface area contributed by atoms with Gasteiger partial charge < -0.3 is 5.32 Å². The summed E-state index contributed by atoms with van der Waals surface area (Å²) in [7, 11) is 2.02. The van der Waals surface area contributed by atoms with E-state index in [4.69, 9.17) is 0 Å². The highest BCUT2D eigenvalue weighted by molar-refractivity contribution is 5.84. The molecule has 0 bridgehead atoms. The smallest absolute Gasteiger partial charge is 0.0702 e. The maximum atomic E-state index is 4.37. The Morgan fingerprint density at radius 1 is 1.00 bits per heavy atom. The van der Waals surface area contributed by atoms with E-state index in [1.165, 1.54) is 22.1 Å². The number of rotatable bonds is 5. The predicted molar refractivity (Wildman–Crippen MR) is 94.0 cm³/mol. The van der Waals surface area contributed by atoms with Crippen LogP contribution in [0.2, 0.25) is 0 Å². The van der Waals surface area contributed by atoms with E-state index < -0.39 is 0 Å². The van der Waals surface area contributed by atoms with Gasteiger partial charge in [0.25, 0.3) is 0 Å². The number of aryl methyl sites for hydroxylation is 1. The second kappa shape index (κ2) is 6.71. The van der Waals surface area contributed by atoms with E-state index in [9.17, 15) is 0 Å². The minimum Gasteiger partial charge on any atom is -0.317 e. The molecule has 0 amide bonds. The molecule has 0 spiro atoms. The zero-order chi connectivity index (χ0) is 15.4. The molecule has 112 valence electrons. The van der Waals surface area contributed by atoms with Crippen molar-refractivity contribution >= 4 is 10.9 Å². The molecule has 0 aliphatic heterocycles. The number of hydrogen-bond acceptors (Lipinski definition) is 2. The summed E-state index contributed by atoms with van der Waals surface area (Å²) in [4.78, 5) is 4.37. The molecular weight excluding hydrogens is 268 g/mol. The van der Waals surface area contributed by atoms with Gasteiger partial charge in [0, 0.05) is 17.6 Å². The van der Waals surface area contributed by atoms with Gasteiger partial charge in [-0.3, -0.25) is 4.98 Å². The van der Waals surface area contributed by atoms with Crippen LogP contribution >= 0.6 is 0 Å². The monoisotopic (exact) mass is 290 g/mol. The lowest BCUT2D eigenvalue weighted by Gasteiger charge is -2.10. The highest BCUT2D eigenvalue weighted by atomic mass is 14.8. The minimum atomic E-state index is 0.563. The first-order valence-electron chi connectivity index (χ1n) is 7.87. The van der Waals surface area contributed by atoms with Crippen LogP contribution in [0.5, 0.6) is 0 Å². The fourth-order valence-electron chi connectivity index (χ4n) is 2.65. The number of benzene rings is 2. The molecule has 3 rings (SSSR count). The van der Waals surface area contributed by atoms with Crippen LogP contribution in [0.1, 0.15) is 18.9 Å². The normalized spacial score (nSPS) is 12.5. The summed E-state index contributed by atoms with van der Waals surface area (Å²) in [6.07, 6.45) is 4.12. The Balaban J connectivity index is 1.79. The number of fused-ring (bicyclic) bond motifs is 1. The molecule has 2 aromatic carbocycles. The molecule has 1 atom stereocenters. The van der Waals surface area contributed by atoms with Crippen molar-refractivity contribution in [1.29, 1.82) is 0 Å². The van der Waals surface area contributed by atoms with Crippen molar-refractivity contribution in [2.75, 3.05) is 7.05 Å². The largest absolute Gasteiger partial charge is 0.317 e. The lowest BCUT2D eigenvalue weighted by atomic mass is 10.00. The van der Waals surface area contributed by atoms with Gasteiger partial charge in [0.05, 0.1) is 5.52 Å². The highest BCUT2D eigenvalue weighted by Gasteiger charge is 2.02. The minimum absolute atomic E-state index is 0.563. The first kappa shape index (κ1) is 14.7. The zero-order valence-electron chi connectivity index (χ0n) is 13.2. The van der Waals surface area contributed by atoms with Gasteiger partial charge in [0.2, 0.25) is 0 Å². The van der Waals surface area contributed by atoms with Crippen LogP contribution < -0.4 is 5.32 Å². The van der Waals surface area contributed by atoms with Crippen LogP contribution in [0.15, 0.2) is 60.8 Å². The third kappa shape index (κ3) is 3.34. The van der Waals surface area contributed by atoms with Gasteiger partial charge in [-0.1, -0.05) is 36.4 Å². The Hall–Kier alpha value is -2.19. The summed E-state index contributed by atoms with van der Waals surface area (Å²) < 4.78 is 0. The first-order valence-corrected chi connectivity index (χ1v) is 7.87. The van der Waals surface area contributed by atoms with E-state index in [1.807, 2.05) is 19.3 Å². The van der Waals surface area contributed by atoms with Gasteiger partial charge in [-0.05, 0) is 61.7 Å². The van der Waals surface area contributed by atoms with E-state index in [0.717, 1.165) is 18.4 Å². The van der Waals surface area contributed by atoms with Crippen LogP contribution in [0.4, 0.5) is 0 Å². The van der Waals surface area contributed by atoms with Gasteiger partial charge in [-0.15, -0.1) is 0 Å². The lowest BCUT2D eigenvalue weighted by molar-refractivity contribution is 0.565. The topological polar surface area (TPSA) is 24.9 Å². The van der Waals surface area contributed by atoms with Gasteiger partial charge in [-0.2, -0.15) is 0 Å². The highest BCUT2D eigenvalue weighted by Crippen LogP contribution is 2.24. The predicted octanol–water partition coefficient (Wildman–Crippen LogP) is 4.44.